The van der Waals surface area contributed by atoms with Gasteiger partial charge >= 0.3 is 0 Å². The molecule has 2 rings (SSSR count). The van der Waals surface area contributed by atoms with Crippen LogP contribution < -0.4 is 0 Å². The van der Waals surface area contributed by atoms with Gasteiger partial charge in [0.15, 0.2) is 5.78 Å². The van der Waals surface area contributed by atoms with Gasteiger partial charge in [0.1, 0.15) is 6.04 Å². The molecule has 0 bridgehead atoms. The van der Waals surface area contributed by atoms with Gasteiger partial charge in [0.25, 0.3) is 0 Å². The average molecular weight is 304 g/mol. The Morgan fingerprint density at radius 1 is 1.32 bits per heavy atom. The van der Waals surface area contributed by atoms with E-state index in [9.17, 15) is 9.59 Å². The van der Waals surface area contributed by atoms with Crippen molar-refractivity contribution < 1.29 is 14.4 Å². The highest BCUT2D eigenvalue weighted by molar-refractivity contribution is 5.91. The van der Waals surface area contributed by atoms with Crippen molar-refractivity contribution in [2.75, 3.05) is 20.2 Å². The monoisotopic (exact) mass is 304 g/mol. The third-order valence-corrected chi connectivity index (χ3v) is 4.14. The molecule has 1 aromatic carbocycles. The first-order chi connectivity index (χ1) is 10.5. The highest BCUT2D eigenvalue weighted by atomic mass is 16.7. The molecule has 1 saturated heterocycles. The predicted molar refractivity (Wildman–Crippen MR) is 84.2 cm³/mol. The summed E-state index contributed by atoms with van der Waals surface area (Å²) in [7, 11) is 1.59. The average Bonchev–Trinajstić information content (AvgIpc) is 2.49. The number of carbonyl (C=O) groups is 2. The normalized spacial score (nSPS) is 22.5. The van der Waals surface area contributed by atoms with Crippen molar-refractivity contribution in [3.05, 3.63) is 35.9 Å². The lowest BCUT2D eigenvalue weighted by Gasteiger charge is -2.43. The van der Waals surface area contributed by atoms with Crippen LogP contribution in [0.3, 0.4) is 0 Å². The fourth-order valence-corrected chi connectivity index (χ4v) is 3.10. The van der Waals surface area contributed by atoms with Gasteiger partial charge in [-0.15, -0.1) is 0 Å². The van der Waals surface area contributed by atoms with E-state index in [2.05, 4.69) is 0 Å². The summed E-state index contributed by atoms with van der Waals surface area (Å²) in [4.78, 5) is 31.5. The van der Waals surface area contributed by atoms with E-state index in [-0.39, 0.29) is 36.2 Å². The first kappa shape index (κ1) is 16.6. The van der Waals surface area contributed by atoms with E-state index >= 15 is 0 Å². The number of benzene rings is 1. The molecule has 0 saturated carbocycles. The molecule has 22 heavy (non-hydrogen) atoms. The number of ketones is 1. The summed E-state index contributed by atoms with van der Waals surface area (Å²) in [5, 5.41) is 1.75. The van der Waals surface area contributed by atoms with Gasteiger partial charge in [0.05, 0.1) is 13.7 Å². The van der Waals surface area contributed by atoms with Crippen LogP contribution in [-0.4, -0.2) is 53.9 Å². The molecule has 120 valence electrons. The number of rotatable bonds is 4. The molecule has 5 nitrogen and oxygen atoms in total. The summed E-state index contributed by atoms with van der Waals surface area (Å²) in [6, 6.07) is 9.57. The van der Waals surface area contributed by atoms with Gasteiger partial charge in [-0.2, -0.15) is 5.06 Å². The minimum atomic E-state index is -0.372. The van der Waals surface area contributed by atoms with Gasteiger partial charge in [-0.3, -0.25) is 9.59 Å². The number of likely N-dealkylation sites (tertiary alicyclic amines) is 1. The van der Waals surface area contributed by atoms with Crippen LogP contribution in [0.25, 0.3) is 0 Å². The molecular weight excluding hydrogens is 280 g/mol. The Bertz CT molecular complexity index is 530. The zero-order chi connectivity index (χ0) is 16.3. The zero-order valence-corrected chi connectivity index (χ0v) is 13.7. The lowest BCUT2D eigenvalue weighted by Crippen LogP contribution is -2.58. The van der Waals surface area contributed by atoms with E-state index in [1.54, 1.807) is 17.1 Å². The first-order valence-corrected chi connectivity index (χ1v) is 7.61. The Labute approximate surface area is 131 Å². The second kappa shape index (κ2) is 7.03. The van der Waals surface area contributed by atoms with Crippen molar-refractivity contribution in [1.29, 1.82) is 0 Å². The molecule has 1 fully saturated rings. The first-order valence-electron chi connectivity index (χ1n) is 7.61. The number of hydrogen-bond donors (Lipinski definition) is 0. The van der Waals surface area contributed by atoms with Crippen LogP contribution in [0.5, 0.6) is 0 Å². The van der Waals surface area contributed by atoms with Crippen LogP contribution in [0, 0.1) is 0 Å². The molecule has 0 radical (unpaired) electrons. The highest BCUT2D eigenvalue weighted by Crippen LogP contribution is 2.30. The number of hydroxylamine groups is 2. The molecule has 1 heterocycles. The summed E-state index contributed by atoms with van der Waals surface area (Å²) in [6.45, 7) is 6.18. The molecule has 0 aromatic heterocycles. The maximum atomic E-state index is 12.7. The summed E-state index contributed by atoms with van der Waals surface area (Å²) >= 11 is 0. The fraction of sp³-hybridized carbons (Fsp3) is 0.529. The molecule has 1 aromatic rings. The van der Waals surface area contributed by atoms with Crippen molar-refractivity contribution in [3.8, 4) is 0 Å². The minimum Gasteiger partial charge on any atom is -0.335 e. The Kier molecular flexibility index (Phi) is 5.32. The predicted octanol–water partition coefficient (Wildman–Crippen LogP) is 1.84. The number of hydrogen-bond acceptors (Lipinski definition) is 4. The van der Waals surface area contributed by atoms with Crippen LogP contribution in [0.1, 0.15) is 32.3 Å². The van der Waals surface area contributed by atoms with E-state index in [4.69, 9.17) is 4.84 Å². The number of Topliss-reactive ketones (excluding diaryl/α,β-unsaturated/α-hetero) is 1. The summed E-state index contributed by atoms with van der Waals surface area (Å²) < 4.78 is 0. The van der Waals surface area contributed by atoms with E-state index < -0.39 is 0 Å². The Morgan fingerprint density at radius 3 is 2.45 bits per heavy atom. The Balaban J connectivity index is 2.39. The quantitative estimate of drug-likeness (QED) is 0.797. The topological polar surface area (TPSA) is 49.9 Å². The standard InChI is InChI=1S/C17H24N2O3/c1-12(2)19(22-4)17-15(14-8-6-5-7-9-14)10-18(13(3)20)11-16(17)21/h5-9,12,15,17H,10-11H2,1-4H3. The van der Waals surface area contributed by atoms with Crippen LogP contribution in [0.4, 0.5) is 0 Å². The van der Waals surface area contributed by atoms with E-state index in [0.29, 0.717) is 6.54 Å². The molecule has 1 aliphatic heterocycles. The second-order valence-corrected chi connectivity index (χ2v) is 5.96. The van der Waals surface area contributed by atoms with Gasteiger partial charge in [-0.05, 0) is 19.4 Å². The molecule has 1 aliphatic rings. The molecule has 2 unspecified atom stereocenters. The lowest BCUT2D eigenvalue weighted by molar-refractivity contribution is -0.197. The molecule has 0 N–H and O–H groups in total. The maximum absolute atomic E-state index is 12.7. The van der Waals surface area contributed by atoms with Crippen molar-refractivity contribution in [3.63, 3.8) is 0 Å². The van der Waals surface area contributed by atoms with Gasteiger partial charge in [0, 0.05) is 25.4 Å². The van der Waals surface area contributed by atoms with Crippen LogP contribution in [-0.2, 0) is 14.4 Å². The number of piperidine rings is 1. The number of nitrogens with zero attached hydrogens (tertiary/aromatic N) is 2. The largest absolute Gasteiger partial charge is 0.335 e. The molecule has 0 aliphatic carbocycles. The molecule has 2 atom stereocenters. The highest BCUT2D eigenvalue weighted by Gasteiger charge is 2.42. The van der Waals surface area contributed by atoms with E-state index in [1.807, 2.05) is 44.2 Å². The Morgan fingerprint density at radius 2 is 1.95 bits per heavy atom. The fourth-order valence-electron chi connectivity index (χ4n) is 3.10. The molecule has 5 heteroatoms. The zero-order valence-electron chi connectivity index (χ0n) is 13.7. The number of carbonyl (C=O) groups excluding carboxylic acids is 2. The maximum Gasteiger partial charge on any atom is 0.219 e. The van der Waals surface area contributed by atoms with Crippen molar-refractivity contribution in [2.24, 2.45) is 0 Å². The van der Waals surface area contributed by atoms with Crippen molar-refractivity contribution >= 4 is 11.7 Å². The molecular formula is C17H24N2O3. The van der Waals surface area contributed by atoms with Crippen LogP contribution in [0.15, 0.2) is 30.3 Å². The summed E-state index contributed by atoms with van der Waals surface area (Å²) in [5.41, 5.74) is 1.05. The van der Waals surface area contributed by atoms with Crippen molar-refractivity contribution in [2.45, 2.75) is 38.8 Å². The number of amides is 1. The summed E-state index contributed by atoms with van der Waals surface area (Å²) in [5.74, 6) is -0.138. The summed E-state index contributed by atoms with van der Waals surface area (Å²) in [6.07, 6.45) is 0. The van der Waals surface area contributed by atoms with E-state index in [1.165, 1.54) is 6.92 Å². The third-order valence-electron chi connectivity index (χ3n) is 4.14. The van der Waals surface area contributed by atoms with Gasteiger partial charge in [0.2, 0.25) is 5.91 Å². The SMILES string of the molecule is CON(C(C)C)C1C(=O)CN(C(C)=O)CC1c1ccccc1. The third kappa shape index (κ3) is 3.36. The molecule has 1 amide bonds. The molecule has 0 spiro atoms. The Hall–Kier alpha value is -1.72. The lowest BCUT2D eigenvalue weighted by atomic mass is 9.84. The van der Waals surface area contributed by atoms with Gasteiger partial charge in [-0.1, -0.05) is 30.3 Å². The van der Waals surface area contributed by atoms with E-state index in [0.717, 1.165) is 5.56 Å². The smallest absolute Gasteiger partial charge is 0.219 e. The second-order valence-electron chi connectivity index (χ2n) is 5.96. The van der Waals surface area contributed by atoms with Gasteiger partial charge < -0.3 is 9.74 Å². The van der Waals surface area contributed by atoms with Crippen LogP contribution in [0.2, 0.25) is 0 Å². The minimum absolute atomic E-state index is 0.0193. The van der Waals surface area contributed by atoms with Crippen molar-refractivity contribution in [1.82, 2.24) is 9.96 Å². The van der Waals surface area contributed by atoms with Crippen LogP contribution >= 0.6 is 0 Å². The van der Waals surface area contributed by atoms with Gasteiger partial charge in [-0.25, -0.2) is 0 Å².